The summed E-state index contributed by atoms with van der Waals surface area (Å²) in [6.45, 7) is 6.84. The van der Waals surface area contributed by atoms with Crippen LogP contribution in [-0.4, -0.2) is 20.6 Å². The number of carbonyl (C=O) groups excluding carboxylic acids is 1. The minimum absolute atomic E-state index is 0.0116. The predicted octanol–water partition coefficient (Wildman–Crippen LogP) is 5.21. The molecule has 1 fully saturated rings. The van der Waals surface area contributed by atoms with E-state index in [1.165, 1.54) is 12.1 Å². The summed E-state index contributed by atoms with van der Waals surface area (Å²) in [5.74, 6) is -0.0887. The molecule has 2 aliphatic rings. The molecule has 0 saturated heterocycles. The topological polar surface area (TPSA) is 90.1 Å². The summed E-state index contributed by atoms with van der Waals surface area (Å²) in [5.41, 5.74) is 3.72. The quantitative estimate of drug-likeness (QED) is 0.467. The maximum Gasteiger partial charge on any atom is 0.276 e. The highest BCUT2D eigenvalue weighted by molar-refractivity contribution is 6.04. The Morgan fingerprint density at radius 2 is 1.90 bits per heavy atom. The number of rotatable bonds is 4. The first-order valence-corrected chi connectivity index (χ1v) is 10.5. The number of hydrogen-bond donors (Lipinski definition) is 1. The van der Waals surface area contributed by atoms with Crippen LogP contribution in [0.5, 0.6) is 0 Å². The van der Waals surface area contributed by atoms with Gasteiger partial charge >= 0.3 is 0 Å². The van der Waals surface area contributed by atoms with Crippen LogP contribution in [0, 0.1) is 15.5 Å². The van der Waals surface area contributed by atoms with Gasteiger partial charge < -0.3 is 5.32 Å². The molecule has 3 aromatic rings. The van der Waals surface area contributed by atoms with Gasteiger partial charge in [-0.15, -0.1) is 0 Å². The first kappa shape index (κ1) is 19.5. The molecule has 2 unspecified atom stereocenters. The normalized spacial score (nSPS) is 22.9. The molecule has 31 heavy (non-hydrogen) atoms. The van der Waals surface area contributed by atoms with Crippen molar-refractivity contribution in [1.29, 1.82) is 0 Å². The van der Waals surface area contributed by atoms with Gasteiger partial charge in [0.1, 0.15) is 0 Å². The fourth-order valence-electron chi connectivity index (χ4n) is 5.53. The Kier molecular flexibility index (Phi) is 4.09. The van der Waals surface area contributed by atoms with E-state index in [9.17, 15) is 14.9 Å². The minimum atomic E-state index is -0.472. The molecule has 7 nitrogen and oxygen atoms in total. The van der Waals surface area contributed by atoms with Crippen LogP contribution >= 0.6 is 0 Å². The van der Waals surface area contributed by atoms with Crippen molar-refractivity contribution in [2.45, 2.75) is 44.9 Å². The van der Waals surface area contributed by atoms with E-state index in [-0.39, 0.29) is 28.3 Å². The van der Waals surface area contributed by atoms with Crippen molar-refractivity contribution in [2.75, 3.05) is 5.32 Å². The van der Waals surface area contributed by atoms with Crippen LogP contribution in [0.1, 0.15) is 61.3 Å². The number of carbonyl (C=O) groups is 1. The van der Waals surface area contributed by atoms with E-state index in [1.54, 1.807) is 12.1 Å². The molecule has 0 spiro atoms. The highest BCUT2D eigenvalue weighted by atomic mass is 16.6. The second-order valence-corrected chi connectivity index (χ2v) is 9.26. The third kappa shape index (κ3) is 2.65. The van der Waals surface area contributed by atoms with Gasteiger partial charge in [0.05, 0.1) is 16.3 Å². The number of non-ortho nitro benzene ring substituents is 1. The maximum atomic E-state index is 13.3. The van der Waals surface area contributed by atoms with Crippen LogP contribution in [0.15, 0.2) is 54.6 Å². The fourth-order valence-corrected chi connectivity index (χ4v) is 5.53. The lowest BCUT2D eigenvalue weighted by atomic mass is 9.70. The number of hydrogen-bond acceptors (Lipinski definition) is 4. The Morgan fingerprint density at radius 1 is 1.16 bits per heavy atom. The number of aromatic nitrogens is 2. The second kappa shape index (κ2) is 6.51. The molecule has 2 bridgehead atoms. The molecule has 158 valence electrons. The van der Waals surface area contributed by atoms with Gasteiger partial charge in [0.25, 0.3) is 11.6 Å². The standard InChI is InChI=1S/C24H24N4O3/c1-23(2)18-12-13-24(23,3)21-19(18)20(26-27(21)16-9-5-4-6-10-16)22(29)25-15-8-7-11-17(14-15)28(30)31/h4-11,14,18H,12-13H2,1-3H3,(H,25,29). The first-order valence-electron chi connectivity index (χ1n) is 10.5. The summed E-state index contributed by atoms with van der Waals surface area (Å²) < 4.78 is 1.93. The van der Waals surface area contributed by atoms with Crippen LogP contribution in [0.2, 0.25) is 0 Å². The molecule has 7 heteroatoms. The van der Waals surface area contributed by atoms with E-state index in [1.807, 2.05) is 35.0 Å². The number of anilines is 1. The van der Waals surface area contributed by atoms with Crippen molar-refractivity contribution in [3.8, 4) is 5.69 Å². The Morgan fingerprint density at radius 3 is 2.61 bits per heavy atom. The van der Waals surface area contributed by atoms with Crippen LogP contribution in [-0.2, 0) is 5.41 Å². The largest absolute Gasteiger partial charge is 0.320 e. The Hall–Kier alpha value is -3.48. The molecule has 1 heterocycles. The molecule has 2 atom stereocenters. The molecular weight excluding hydrogens is 392 g/mol. The predicted molar refractivity (Wildman–Crippen MR) is 118 cm³/mol. The highest BCUT2D eigenvalue weighted by Gasteiger charge is 2.63. The minimum Gasteiger partial charge on any atom is -0.320 e. The summed E-state index contributed by atoms with van der Waals surface area (Å²) in [4.78, 5) is 24.0. The summed E-state index contributed by atoms with van der Waals surface area (Å²) >= 11 is 0. The Balaban J connectivity index is 1.62. The monoisotopic (exact) mass is 416 g/mol. The van der Waals surface area contributed by atoms with Crippen molar-refractivity contribution in [2.24, 2.45) is 5.41 Å². The number of fused-ring (bicyclic) bond motifs is 5. The molecule has 5 rings (SSSR count). The second-order valence-electron chi connectivity index (χ2n) is 9.26. The molecule has 1 N–H and O–H groups in total. The van der Waals surface area contributed by atoms with E-state index in [2.05, 4.69) is 26.1 Å². The molecule has 1 amide bonds. The smallest absolute Gasteiger partial charge is 0.276 e. The lowest BCUT2D eigenvalue weighted by Crippen LogP contribution is -2.33. The van der Waals surface area contributed by atoms with Crippen LogP contribution in [0.4, 0.5) is 11.4 Å². The lowest BCUT2D eigenvalue weighted by Gasteiger charge is -2.35. The van der Waals surface area contributed by atoms with Crippen molar-refractivity contribution in [3.63, 3.8) is 0 Å². The van der Waals surface area contributed by atoms with Crippen molar-refractivity contribution >= 4 is 17.3 Å². The molecular formula is C24H24N4O3. The summed E-state index contributed by atoms with van der Waals surface area (Å²) in [7, 11) is 0. The Bertz CT molecular complexity index is 1210. The van der Waals surface area contributed by atoms with E-state index in [0.29, 0.717) is 11.4 Å². The molecule has 1 aromatic heterocycles. The van der Waals surface area contributed by atoms with Gasteiger partial charge in [-0.25, -0.2) is 4.68 Å². The van der Waals surface area contributed by atoms with Crippen molar-refractivity contribution in [3.05, 3.63) is 81.7 Å². The third-order valence-corrected chi connectivity index (χ3v) is 7.55. The van der Waals surface area contributed by atoms with Gasteiger partial charge in [-0.05, 0) is 42.4 Å². The van der Waals surface area contributed by atoms with E-state index in [4.69, 9.17) is 5.10 Å². The number of amides is 1. The molecule has 1 saturated carbocycles. The third-order valence-electron chi connectivity index (χ3n) is 7.55. The van der Waals surface area contributed by atoms with Crippen LogP contribution < -0.4 is 5.32 Å². The van der Waals surface area contributed by atoms with Gasteiger partial charge in [-0.3, -0.25) is 14.9 Å². The number of nitro benzene ring substituents is 1. The summed E-state index contributed by atoms with van der Waals surface area (Å²) in [5, 5.41) is 18.7. The van der Waals surface area contributed by atoms with Crippen LogP contribution in [0.25, 0.3) is 5.69 Å². The summed E-state index contributed by atoms with van der Waals surface area (Å²) in [6, 6.07) is 15.9. The highest BCUT2D eigenvalue weighted by Crippen LogP contribution is 2.68. The molecule has 2 aromatic carbocycles. The lowest BCUT2D eigenvalue weighted by molar-refractivity contribution is -0.384. The average molecular weight is 416 g/mol. The van der Waals surface area contributed by atoms with E-state index < -0.39 is 4.92 Å². The number of nitrogens with zero attached hydrogens (tertiary/aromatic N) is 3. The van der Waals surface area contributed by atoms with Gasteiger partial charge in [0.2, 0.25) is 0 Å². The Labute approximate surface area is 180 Å². The van der Waals surface area contributed by atoms with Gasteiger partial charge in [0.15, 0.2) is 5.69 Å². The molecule has 2 aliphatic carbocycles. The maximum absolute atomic E-state index is 13.3. The van der Waals surface area contributed by atoms with Crippen molar-refractivity contribution < 1.29 is 9.72 Å². The van der Waals surface area contributed by atoms with E-state index >= 15 is 0 Å². The summed E-state index contributed by atoms with van der Waals surface area (Å²) in [6.07, 6.45) is 2.08. The van der Waals surface area contributed by atoms with Crippen LogP contribution in [0.3, 0.4) is 0 Å². The SMILES string of the molecule is CC12CCC(c3c(C(=O)Nc4cccc([N+](=O)[O-])c4)nn(-c4ccccc4)c31)C2(C)C. The number of nitro groups is 1. The zero-order chi connectivity index (χ0) is 22.0. The van der Waals surface area contributed by atoms with Crippen molar-refractivity contribution in [1.82, 2.24) is 9.78 Å². The number of nitrogens with one attached hydrogen (secondary N) is 1. The van der Waals surface area contributed by atoms with Gasteiger partial charge in [-0.2, -0.15) is 5.10 Å². The van der Waals surface area contributed by atoms with Gasteiger partial charge in [0, 0.05) is 28.8 Å². The zero-order valence-corrected chi connectivity index (χ0v) is 17.8. The number of benzene rings is 2. The van der Waals surface area contributed by atoms with Gasteiger partial charge in [-0.1, -0.05) is 45.0 Å². The zero-order valence-electron chi connectivity index (χ0n) is 17.8. The van der Waals surface area contributed by atoms with E-state index in [0.717, 1.165) is 29.8 Å². The fraction of sp³-hybridized carbons (Fsp3) is 0.333. The number of para-hydroxylation sites is 1. The average Bonchev–Trinajstić information content (AvgIpc) is 3.31. The first-order chi connectivity index (χ1) is 14.7. The molecule has 0 aliphatic heterocycles. The molecule has 0 radical (unpaired) electrons.